The molecule has 0 aliphatic heterocycles. The van der Waals surface area contributed by atoms with E-state index >= 15 is 0 Å². The van der Waals surface area contributed by atoms with E-state index in [1.807, 2.05) is 51.6 Å². The first-order valence-corrected chi connectivity index (χ1v) is 13.2. The topological polar surface area (TPSA) is 92.2 Å². The van der Waals surface area contributed by atoms with Crippen molar-refractivity contribution in [2.45, 2.75) is 46.7 Å². The van der Waals surface area contributed by atoms with Gasteiger partial charge in [-0.2, -0.15) is 5.10 Å². The normalized spacial score (nSPS) is 14.1. The molecule has 0 saturated carbocycles. The summed E-state index contributed by atoms with van der Waals surface area (Å²) in [5.74, 6) is -0.184. The molecule has 0 radical (unpaired) electrons. The predicted molar refractivity (Wildman–Crippen MR) is 152 cm³/mol. The summed E-state index contributed by atoms with van der Waals surface area (Å²) in [5, 5.41) is 11.4. The van der Waals surface area contributed by atoms with Crippen LogP contribution in [0.1, 0.15) is 56.1 Å². The average Bonchev–Trinajstić information content (AvgIpc) is 3.31. The molecule has 38 heavy (non-hydrogen) atoms. The molecule has 2 aromatic heterocycles. The second-order valence-electron chi connectivity index (χ2n) is 10.4. The smallest absolute Gasteiger partial charge is 0.252 e. The molecule has 0 unspecified atom stereocenters. The van der Waals surface area contributed by atoms with Gasteiger partial charge in [0.2, 0.25) is 0 Å². The number of nitrogens with one attached hydrogen (secondary N) is 2. The lowest BCUT2D eigenvalue weighted by Gasteiger charge is -2.17. The molecule has 2 heterocycles. The Morgan fingerprint density at radius 1 is 1.18 bits per heavy atom. The summed E-state index contributed by atoms with van der Waals surface area (Å²) in [4.78, 5) is 33.2. The van der Waals surface area contributed by atoms with Crippen molar-refractivity contribution in [1.82, 2.24) is 30.3 Å². The molecule has 200 valence electrons. The van der Waals surface area contributed by atoms with Gasteiger partial charge in [0.25, 0.3) is 5.91 Å². The van der Waals surface area contributed by atoms with Crippen LogP contribution in [0.2, 0.25) is 0 Å². The lowest BCUT2D eigenvalue weighted by atomic mass is 9.92. The molecule has 4 rings (SSSR count). The maximum atomic E-state index is 13.5. The van der Waals surface area contributed by atoms with Gasteiger partial charge in [-0.05, 0) is 59.0 Å². The van der Waals surface area contributed by atoms with Crippen molar-refractivity contribution in [2.24, 2.45) is 0 Å². The van der Waals surface area contributed by atoms with E-state index in [-0.39, 0.29) is 24.3 Å². The summed E-state index contributed by atoms with van der Waals surface area (Å²) < 4.78 is 1.84. The summed E-state index contributed by atoms with van der Waals surface area (Å²) in [5.41, 5.74) is 6.63. The van der Waals surface area contributed by atoms with Gasteiger partial charge in [0.15, 0.2) is 11.4 Å². The van der Waals surface area contributed by atoms with Crippen molar-refractivity contribution in [1.29, 1.82) is 0 Å². The Kier molecular flexibility index (Phi) is 8.54. The van der Waals surface area contributed by atoms with Crippen molar-refractivity contribution >= 4 is 22.7 Å². The number of carbonyl (C=O) groups excluding carboxylic acids is 2. The lowest BCUT2D eigenvalue weighted by Crippen LogP contribution is -2.29. The summed E-state index contributed by atoms with van der Waals surface area (Å²) in [6, 6.07) is 10.2. The van der Waals surface area contributed by atoms with Crippen LogP contribution in [0.15, 0.2) is 59.3 Å². The van der Waals surface area contributed by atoms with Crippen molar-refractivity contribution in [3.63, 3.8) is 0 Å². The molecular weight excluding hydrogens is 476 g/mol. The molecule has 8 heteroatoms. The fourth-order valence-electron chi connectivity index (χ4n) is 4.80. The van der Waals surface area contributed by atoms with E-state index in [1.165, 1.54) is 5.56 Å². The number of amides is 1. The van der Waals surface area contributed by atoms with Gasteiger partial charge in [0, 0.05) is 49.8 Å². The SMILES string of the molecule is CNCCN(C)Cc1ccc(-c2cc(C(=O)NCC3=C(C)C=C(C)CC3=O)c3cnn(C(C)C)c3n2)cc1. The number of carbonyl (C=O) groups is 2. The van der Waals surface area contributed by atoms with Gasteiger partial charge in [-0.1, -0.05) is 35.9 Å². The van der Waals surface area contributed by atoms with E-state index in [1.54, 1.807) is 6.20 Å². The van der Waals surface area contributed by atoms with Crippen LogP contribution in [0.25, 0.3) is 22.3 Å². The average molecular weight is 515 g/mol. The number of hydrogen-bond donors (Lipinski definition) is 2. The molecule has 1 aliphatic rings. The Bertz CT molecular complexity index is 1400. The number of ketones is 1. The van der Waals surface area contributed by atoms with Crippen LogP contribution in [0, 0.1) is 0 Å². The standard InChI is InChI=1S/C30H38N6O2/c1-19(2)36-29-26(17-33-36)24(30(38)32-16-25-21(4)13-20(3)14-28(25)37)15-27(34-29)23-9-7-22(8-10-23)18-35(6)12-11-31-5/h7-10,13,15,17,19,31H,11-12,14,16,18H2,1-6H3,(H,32,38). The first-order chi connectivity index (χ1) is 18.2. The van der Waals surface area contributed by atoms with Crippen LogP contribution in [0.5, 0.6) is 0 Å². The van der Waals surface area contributed by atoms with Crippen molar-refractivity contribution < 1.29 is 9.59 Å². The van der Waals surface area contributed by atoms with E-state index in [0.29, 0.717) is 34.3 Å². The number of pyridine rings is 1. The second kappa shape index (κ2) is 11.8. The minimum atomic E-state index is -0.246. The number of allylic oxidation sites excluding steroid dienone is 3. The Balaban J connectivity index is 1.64. The molecule has 2 N–H and O–H groups in total. The second-order valence-corrected chi connectivity index (χ2v) is 10.4. The predicted octanol–water partition coefficient (Wildman–Crippen LogP) is 4.30. The first kappa shape index (κ1) is 27.4. The van der Waals surface area contributed by atoms with E-state index < -0.39 is 0 Å². The molecule has 0 saturated heterocycles. The van der Waals surface area contributed by atoms with E-state index in [2.05, 4.69) is 51.9 Å². The Labute approximate surface area is 224 Å². The fourth-order valence-corrected chi connectivity index (χ4v) is 4.80. The zero-order valence-corrected chi connectivity index (χ0v) is 23.3. The summed E-state index contributed by atoms with van der Waals surface area (Å²) in [7, 11) is 4.06. The molecule has 8 nitrogen and oxygen atoms in total. The summed E-state index contributed by atoms with van der Waals surface area (Å²) in [6.45, 7) is 10.9. The molecule has 1 aromatic carbocycles. The molecule has 0 atom stereocenters. The third kappa shape index (κ3) is 6.09. The Morgan fingerprint density at radius 2 is 1.92 bits per heavy atom. The first-order valence-electron chi connectivity index (χ1n) is 13.2. The maximum Gasteiger partial charge on any atom is 0.252 e. The largest absolute Gasteiger partial charge is 0.348 e. The molecule has 1 aliphatic carbocycles. The van der Waals surface area contributed by atoms with Crippen LogP contribution in [0.3, 0.4) is 0 Å². The molecule has 1 amide bonds. The third-order valence-corrected chi connectivity index (χ3v) is 6.89. The highest BCUT2D eigenvalue weighted by atomic mass is 16.2. The number of likely N-dealkylation sites (N-methyl/N-ethyl adjacent to an activating group) is 2. The van der Waals surface area contributed by atoms with Crippen molar-refractivity contribution in [2.75, 3.05) is 33.7 Å². The minimum Gasteiger partial charge on any atom is -0.348 e. The highest BCUT2D eigenvalue weighted by Crippen LogP contribution is 2.27. The zero-order valence-electron chi connectivity index (χ0n) is 23.3. The van der Waals surface area contributed by atoms with Gasteiger partial charge in [0.1, 0.15) is 0 Å². The number of Topliss-reactive ketones (excluding diaryl/α,β-unsaturated/α-hetero) is 1. The minimum absolute atomic E-state index is 0.0627. The third-order valence-electron chi connectivity index (χ3n) is 6.89. The number of fused-ring (bicyclic) bond motifs is 1. The van der Waals surface area contributed by atoms with Gasteiger partial charge in [-0.3, -0.25) is 9.59 Å². The van der Waals surface area contributed by atoms with Crippen LogP contribution in [-0.2, 0) is 11.3 Å². The van der Waals surface area contributed by atoms with E-state index in [4.69, 9.17) is 4.98 Å². The molecular formula is C30H38N6O2. The number of benzene rings is 1. The number of aromatic nitrogens is 3. The fraction of sp³-hybridized carbons (Fsp3) is 0.400. The van der Waals surface area contributed by atoms with Gasteiger partial charge in [-0.25, -0.2) is 9.67 Å². The number of nitrogens with zero attached hydrogens (tertiary/aromatic N) is 4. The van der Waals surface area contributed by atoms with Crippen molar-refractivity contribution in [3.8, 4) is 11.3 Å². The van der Waals surface area contributed by atoms with Crippen LogP contribution in [-0.4, -0.2) is 65.1 Å². The van der Waals surface area contributed by atoms with E-state index in [0.717, 1.165) is 36.3 Å². The van der Waals surface area contributed by atoms with Gasteiger partial charge in [-0.15, -0.1) is 0 Å². The van der Waals surface area contributed by atoms with Gasteiger partial charge < -0.3 is 15.5 Å². The van der Waals surface area contributed by atoms with Gasteiger partial charge >= 0.3 is 0 Å². The van der Waals surface area contributed by atoms with Crippen LogP contribution < -0.4 is 10.6 Å². The summed E-state index contributed by atoms with van der Waals surface area (Å²) >= 11 is 0. The highest BCUT2D eigenvalue weighted by molar-refractivity contribution is 6.07. The quantitative estimate of drug-likeness (QED) is 0.419. The van der Waals surface area contributed by atoms with Crippen LogP contribution in [0.4, 0.5) is 0 Å². The number of rotatable bonds is 10. The maximum absolute atomic E-state index is 13.5. The number of hydrogen-bond acceptors (Lipinski definition) is 6. The van der Waals surface area contributed by atoms with Crippen molar-refractivity contribution in [3.05, 3.63) is 70.5 Å². The zero-order chi connectivity index (χ0) is 27.4. The highest BCUT2D eigenvalue weighted by Gasteiger charge is 2.21. The van der Waals surface area contributed by atoms with E-state index in [9.17, 15) is 9.59 Å². The Hall–Kier alpha value is -3.62. The molecule has 0 bridgehead atoms. The summed E-state index contributed by atoms with van der Waals surface area (Å²) in [6.07, 6.45) is 4.11. The molecule has 0 fully saturated rings. The van der Waals surface area contributed by atoms with Gasteiger partial charge in [0.05, 0.1) is 22.8 Å². The lowest BCUT2D eigenvalue weighted by molar-refractivity contribution is -0.115. The molecule has 0 spiro atoms. The molecule has 3 aromatic rings. The monoisotopic (exact) mass is 514 g/mol. The van der Waals surface area contributed by atoms with Crippen LogP contribution >= 0.6 is 0 Å². The Morgan fingerprint density at radius 3 is 2.58 bits per heavy atom.